The summed E-state index contributed by atoms with van der Waals surface area (Å²) in [4.78, 5) is 28.9. The number of nitrogens with zero attached hydrogens (tertiary/aromatic N) is 2. The van der Waals surface area contributed by atoms with Gasteiger partial charge in [-0.25, -0.2) is 8.42 Å². The van der Waals surface area contributed by atoms with Gasteiger partial charge in [0, 0.05) is 38.5 Å². The van der Waals surface area contributed by atoms with Crippen LogP contribution in [0.1, 0.15) is 36.5 Å². The monoisotopic (exact) mass is 593 g/mol. The average Bonchev–Trinajstić information content (AvgIpc) is 2.97. The quantitative estimate of drug-likeness (QED) is 0.320. The van der Waals surface area contributed by atoms with Gasteiger partial charge in [-0.1, -0.05) is 60.2 Å². The molecule has 1 aliphatic heterocycles. The van der Waals surface area contributed by atoms with Crippen molar-refractivity contribution in [3.8, 4) is 11.5 Å². The second-order valence-electron chi connectivity index (χ2n) is 10.4. The fourth-order valence-electron chi connectivity index (χ4n) is 5.04. The van der Waals surface area contributed by atoms with Crippen LogP contribution in [0.3, 0.4) is 0 Å². The molecule has 0 saturated carbocycles. The van der Waals surface area contributed by atoms with Crippen LogP contribution in [0.5, 0.6) is 11.5 Å². The number of rotatable bonds is 13. The summed E-state index contributed by atoms with van der Waals surface area (Å²) in [7, 11) is -3.65. The molecule has 0 spiro atoms. The average molecular weight is 594 g/mol. The van der Waals surface area contributed by atoms with Gasteiger partial charge in [0.15, 0.2) is 11.5 Å². The van der Waals surface area contributed by atoms with Gasteiger partial charge in [-0.3, -0.25) is 13.9 Å². The van der Waals surface area contributed by atoms with Crippen molar-refractivity contribution in [2.45, 2.75) is 45.7 Å². The Morgan fingerprint density at radius 3 is 2.33 bits per heavy atom. The Labute approximate surface area is 248 Å². The maximum atomic E-state index is 13.9. The number of aryl methyl sites for hydroxylation is 1. The predicted octanol–water partition coefficient (Wildman–Crippen LogP) is 4.09. The number of amides is 2. The van der Waals surface area contributed by atoms with Crippen molar-refractivity contribution in [3.05, 3.63) is 89.5 Å². The first-order valence-corrected chi connectivity index (χ1v) is 16.0. The highest BCUT2D eigenvalue weighted by Crippen LogP contribution is 2.34. The number of likely N-dealkylation sites (N-methyl/N-ethyl adjacent to an activating group) is 1. The van der Waals surface area contributed by atoms with E-state index < -0.39 is 16.1 Å². The van der Waals surface area contributed by atoms with E-state index in [1.54, 1.807) is 23.1 Å². The van der Waals surface area contributed by atoms with Crippen LogP contribution in [0.15, 0.2) is 72.8 Å². The maximum Gasteiger partial charge on any atom is 0.243 e. The Bertz CT molecular complexity index is 1480. The van der Waals surface area contributed by atoms with E-state index in [0.717, 1.165) is 22.9 Å². The number of fused-ring (bicyclic) bond motifs is 1. The minimum atomic E-state index is -3.65. The molecule has 0 fully saturated rings. The molecule has 2 amide bonds. The van der Waals surface area contributed by atoms with Crippen LogP contribution in [0.2, 0.25) is 0 Å². The topological polar surface area (TPSA) is 105 Å². The maximum absolute atomic E-state index is 13.9. The van der Waals surface area contributed by atoms with Crippen molar-refractivity contribution in [1.29, 1.82) is 0 Å². The van der Waals surface area contributed by atoms with E-state index in [1.165, 1.54) is 4.31 Å². The first-order valence-electron chi connectivity index (χ1n) is 14.2. The second kappa shape index (κ2) is 14.2. The number of carbonyl (C=O) groups is 2. The fraction of sp³-hybridized carbons (Fsp3) is 0.375. The van der Waals surface area contributed by atoms with Crippen molar-refractivity contribution >= 4 is 27.5 Å². The van der Waals surface area contributed by atoms with Gasteiger partial charge in [-0.05, 0) is 43.5 Å². The third-order valence-corrected chi connectivity index (χ3v) is 8.22. The summed E-state index contributed by atoms with van der Waals surface area (Å²) in [6.45, 7) is 5.44. The highest BCUT2D eigenvalue weighted by atomic mass is 32.2. The smallest absolute Gasteiger partial charge is 0.243 e. The van der Waals surface area contributed by atoms with E-state index in [-0.39, 0.29) is 37.7 Å². The summed E-state index contributed by atoms with van der Waals surface area (Å²) in [5.41, 5.74) is 3.35. The van der Waals surface area contributed by atoms with Gasteiger partial charge in [0.25, 0.3) is 0 Å². The normalized spacial score (nSPS) is 13.2. The molecule has 4 rings (SSSR count). The summed E-state index contributed by atoms with van der Waals surface area (Å²) in [5, 5.41) is 2.90. The van der Waals surface area contributed by atoms with E-state index in [0.29, 0.717) is 43.4 Å². The van der Waals surface area contributed by atoms with Gasteiger partial charge >= 0.3 is 0 Å². The molecular formula is C32H39N3O6S. The number of benzene rings is 3. The van der Waals surface area contributed by atoms with Crippen molar-refractivity contribution in [1.82, 2.24) is 10.2 Å². The minimum Gasteiger partial charge on any atom is -0.486 e. The van der Waals surface area contributed by atoms with Gasteiger partial charge in [0.05, 0.1) is 11.9 Å². The number of ether oxygens (including phenoxy) is 2. The van der Waals surface area contributed by atoms with Gasteiger partial charge in [-0.15, -0.1) is 0 Å². The summed E-state index contributed by atoms with van der Waals surface area (Å²) >= 11 is 0. The number of hydrogen-bond acceptors (Lipinski definition) is 6. The van der Waals surface area contributed by atoms with Crippen LogP contribution >= 0.6 is 0 Å². The molecule has 1 atom stereocenters. The molecule has 3 aromatic rings. The number of carbonyl (C=O) groups excluding carboxylic acids is 2. The third-order valence-electron chi connectivity index (χ3n) is 7.02. The zero-order valence-corrected chi connectivity index (χ0v) is 25.2. The number of anilines is 1. The Kier molecular flexibility index (Phi) is 10.5. The van der Waals surface area contributed by atoms with E-state index in [1.807, 2.05) is 68.4 Å². The highest BCUT2D eigenvalue weighted by Gasteiger charge is 2.30. The van der Waals surface area contributed by atoms with Crippen LogP contribution in [0.4, 0.5) is 5.69 Å². The molecule has 0 aliphatic carbocycles. The van der Waals surface area contributed by atoms with E-state index in [2.05, 4.69) is 5.32 Å². The molecule has 1 heterocycles. The van der Waals surface area contributed by atoms with Crippen LogP contribution in [0, 0.1) is 6.92 Å². The lowest BCUT2D eigenvalue weighted by molar-refractivity contribution is -0.141. The lowest BCUT2D eigenvalue weighted by atomic mass is 10.0. The lowest BCUT2D eigenvalue weighted by Crippen LogP contribution is -2.50. The molecule has 224 valence electrons. The molecular weight excluding hydrogens is 554 g/mol. The van der Waals surface area contributed by atoms with Gasteiger partial charge < -0.3 is 19.7 Å². The first kappa shape index (κ1) is 30.9. The highest BCUT2D eigenvalue weighted by molar-refractivity contribution is 7.92. The predicted molar refractivity (Wildman–Crippen MR) is 163 cm³/mol. The molecule has 1 aliphatic rings. The molecule has 0 bridgehead atoms. The van der Waals surface area contributed by atoms with E-state index in [9.17, 15) is 18.0 Å². The number of hydrogen-bond donors (Lipinski definition) is 1. The Morgan fingerprint density at radius 2 is 1.64 bits per heavy atom. The first-order chi connectivity index (χ1) is 20.2. The minimum absolute atomic E-state index is 0.0626. The van der Waals surface area contributed by atoms with Crippen molar-refractivity contribution in [2.75, 3.05) is 36.9 Å². The number of nitrogens with one attached hydrogen (secondary N) is 1. The lowest BCUT2D eigenvalue weighted by Gasteiger charge is -2.32. The summed E-state index contributed by atoms with van der Waals surface area (Å²) in [5.74, 6) is 0.601. The SMILES string of the molecule is CCNC(=O)[C@H](Cc1ccccc1)N(Cc1cccc(C)c1)C(=O)CCCN(c1ccc2c(c1)OCCO2)S(C)(=O)=O. The second-order valence-corrected chi connectivity index (χ2v) is 12.3. The van der Waals surface area contributed by atoms with Crippen molar-refractivity contribution in [3.63, 3.8) is 0 Å². The Hall–Kier alpha value is -4.05. The van der Waals surface area contributed by atoms with Gasteiger partial charge in [-0.2, -0.15) is 0 Å². The zero-order chi connectivity index (χ0) is 30.1. The van der Waals surface area contributed by atoms with E-state index >= 15 is 0 Å². The molecule has 42 heavy (non-hydrogen) atoms. The van der Waals surface area contributed by atoms with Crippen LogP contribution < -0.4 is 19.1 Å². The summed E-state index contributed by atoms with van der Waals surface area (Å²) in [6.07, 6.45) is 1.82. The van der Waals surface area contributed by atoms with Crippen molar-refractivity contribution in [2.24, 2.45) is 0 Å². The molecule has 10 heteroatoms. The van der Waals surface area contributed by atoms with Crippen LogP contribution in [-0.4, -0.2) is 63.7 Å². The van der Waals surface area contributed by atoms with E-state index in [4.69, 9.17) is 9.47 Å². The fourth-order valence-corrected chi connectivity index (χ4v) is 6.00. The Morgan fingerprint density at radius 1 is 0.929 bits per heavy atom. The molecule has 3 aromatic carbocycles. The molecule has 0 unspecified atom stereocenters. The van der Waals surface area contributed by atoms with Crippen LogP contribution in [-0.2, 0) is 32.6 Å². The van der Waals surface area contributed by atoms with Gasteiger partial charge in [0.1, 0.15) is 19.3 Å². The van der Waals surface area contributed by atoms with Crippen LogP contribution in [0.25, 0.3) is 0 Å². The molecule has 0 saturated heterocycles. The third kappa shape index (κ3) is 8.25. The number of sulfonamides is 1. The van der Waals surface area contributed by atoms with Crippen molar-refractivity contribution < 1.29 is 27.5 Å². The standard InChI is InChI=1S/C32H39N3O6S/c1-4-33-32(37)28(21-25-11-6-5-7-12-25)34(23-26-13-8-10-24(2)20-26)31(36)14-9-17-35(42(3,38)39)27-15-16-29-30(22-27)41-19-18-40-29/h5-8,10-13,15-16,20,22,28H,4,9,14,17-19,21,23H2,1-3H3,(H,33,37)/t28-/m0/s1. The summed E-state index contributed by atoms with van der Waals surface area (Å²) < 4.78 is 38.0. The van der Waals surface area contributed by atoms with Gasteiger partial charge in [0.2, 0.25) is 21.8 Å². The zero-order valence-electron chi connectivity index (χ0n) is 24.4. The summed E-state index contributed by atoms with van der Waals surface area (Å²) in [6, 6.07) is 21.8. The molecule has 1 N–H and O–H groups in total. The molecule has 9 nitrogen and oxygen atoms in total. The molecule has 0 radical (unpaired) electrons. The largest absolute Gasteiger partial charge is 0.486 e. The Balaban J connectivity index is 1.56. The molecule has 0 aromatic heterocycles.